The van der Waals surface area contributed by atoms with Crippen LogP contribution in [-0.2, 0) is 4.79 Å². The van der Waals surface area contributed by atoms with Crippen LogP contribution in [0.4, 0.5) is 30.2 Å². The second-order valence-corrected chi connectivity index (χ2v) is 4.02. The highest BCUT2D eigenvalue weighted by atomic mass is 19.4. The lowest BCUT2D eigenvalue weighted by molar-refractivity contribution is -0.167. The van der Waals surface area contributed by atoms with Crippen LogP contribution in [0.5, 0.6) is 0 Å². The second kappa shape index (κ2) is 5.64. The van der Waals surface area contributed by atoms with E-state index in [1.165, 1.54) is 12.1 Å². The Kier molecular flexibility index (Phi) is 3.93. The molecule has 0 aliphatic heterocycles. The summed E-state index contributed by atoms with van der Waals surface area (Å²) in [4.78, 5) is 10.8. The predicted molar refractivity (Wildman–Crippen MR) is 70.9 cm³/mol. The van der Waals surface area contributed by atoms with Crippen LogP contribution in [0.15, 0.2) is 54.6 Å². The molecular formula is C14H11F3N2O. The molecule has 0 saturated heterocycles. The molecule has 3 nitrogen and oxygen atoms in total. The fourth-order valence-corrected chi connectivity index (χ4v) is 1.53. The van der Waals surface area contributed by atoms with Crippen molar-refractivity contribution in [1.82, 2.24) is 0 Å². The Morgan fingerprint density at radius 3 is 1.85 bits per heavy atom. The molecule has 2 aromatic carbocycles. The van der Waals surface area contributed by atoms with Crippen molar-refractivity contribution in [2.45, 2.75) is 6.18 Å². The van der Waals surface area contributed by atoms with Gasteiger partial charge in [-0.2, -0.15) is 13.2 Å². The number of para-hydroxylation sites is 1. The summed E-state index contributed by atoms with van der Waals surface area (Å²) in [6.45, 7) is 0. The Morgan fingerprint density at radius 2 is 1.30 bits per heavy atom. The first-order valence-electron chi connectivity index (χ1n) is 5.75. The monoisotopic (exact) mass is 280 g/mol. The van der Waals surface area contributed by atoms with Crippen molar-refractivity contribution in [1.29, 1.82) is 0 Å². The van der Waals surface area contributed by atoms with Crippen LogP contribution < -0.4 is 10.6 Å². The molecule has 0 unspecified atom stereocenters. The van der Waals surface area contributed by atoms with Gasteiger partial charge in [-0.25, -0.2) is 0 Å². The van der Waals surface area contributed by atoms with Gasteiger partial charge in [0.15, 0.2) is 0 Å². The molecule has 104 valence electrons. The standard InChI is InChI=1S/C14H11F3N2O/c15-14(16,17)13(20)19-12-8-6-11(7-9-12)18-10-4-2-1-3-5-10/h1-9,18H,(H,19,20). The van der Waals surface area contributed by atoms with Crippen LogP contribution >= 0.6 is 0 Å². The molecule has 0 aromatic heterocycles. The molecule has 2 N–H and O–H groups in total. The van der Waals surface area contributed by atoms with Gasteiger partial charge in [0.05, 0.1) is 0 Å². The highest BCUT2D eigenvalue weighted by Gasteiger charge is 2.38. The molecule has 0 atom stereocenters. The summed E-state index contributed by atoms with van der Waals surface area (Å²) in [5.74, 6) is -1.98. The molecule has 0 spiro atoms. The lowest BCUT2D eigenvalue weighted by Crippen LogP contribution is -2.29. The molecule has 20 heavy (non-hydrogen) atoms. The number of carbonyl (C=O) groups is 1. The van der Waals surface area contributed by atoms with Gasteiger partial charge in [-0.15, -0.1) is 0 Å². The first kappa shape index (κ1) is 13.9. The largest absolute Gasteiger partial charge is 0.471 e. The normalized spacial score (nSPS) is 10.9. The van der Waals surface area contributed by atoms with E-state index >= 15 is 0 Å². The minimum atomic E-state index is -4.89. The number of amides is 1. The van der Waals surface area contributed by atoms with Crippen molar-refractivity contribution in [2.24, 2.45) is 0 Å². The third-order valence-electron chi connectivity index (χ3n) is 2.46. The van der Waals surface area contributed by atoms with Gasteiger partial charge >= 0.3 is 12.1 Å². The molecule has 1 amide bonds. The third kappa shape index (κ3) is 3.74. The predicted octanol–water partition coefficient (Wildman–Crippen LogP) is 3.93. The molecule has 6 heteroatoms. The Bertz CT molecular complexity index is 580. The number of hydrogen-bond acceptors (Lipinski definition) is 2. The summed E-state index contributed by atoms with van der Waals surface area (Å²) in [7, 11) is 0. The zero-order valence-electron chi connectivity index (χ0n) is 10.2. The summed E-state index contributed by atoms with van der Waals surface area (Å²) in [6.07, 6.45) is -4.89. The summed E-state index contributed by atoms with van der Waals surface area (Å²) >= 11 is 0. The molecule has 0 radical (unpaired) electrons. The smallest absolute Gasteiger partial charge is 0.356 e. The first-order chi connectivity index (χ1) is 9.45. The topological polar surface area (TPSA) is 41.1 Å². The summed E-state index contributed by atoms with van der Waals surface area (Å²) in [5.41, 5.74) is 1.66. The van der Waals surface area contributed by atoms with Crippen LogP contribution in [0, 0.1) is 0 Å². The summed E-state index contributed by atoms with van der Waals surface area (Å²) in [5, 5.41) is 4.86. The number of alkyl halides is 3. The van der Waals surface area contributed by atoms with E-state index in [0.29, 0.717) is 5.69 Å². The highest BCUT2D eigenvalue weighted by Crippen LogP contribution is 2.21. The number of rotatable bonds is 3. The maximum Gasteiger partial charge on any atom is 0.471 e. The van der Waals surface area contributed by atoms with Crippen molar-refractivity contribution in [3.05, 3.63) is 54.6 Å². The maximum atomic E-state index is 12.1. The molecule has 0 fully saturated rings. The average Bonchev–Trinajstić information content (AvgIpc) is 2.41. The van der Waals surface area contributed by atoms with Crippen molar-refractivity contribution in [2.75, 3.05) is 10.6 Å². The molecule has 0 bridgehead atoms. The minimum absolute atomic E-state index is 0.0888. The number of halogens is 3. The van der Waals surface area contributed by atoms with Gasteiger partial charge in [0, 0.05) is 17.1 Å². The first-order valence-corrected chi connectivity index (χ1v) is 5.75. The molecule has 0 heterocycles. The molecule has 2 rings (SSSR count). The summed E-state index contributed by atoms with van der Waals surface area (Å²) < 4.78 is 36.2. The number of anilines is 3. The Morgan fingerprint density at radius 1 is 0.800 bits per heavy atom. The Labute approximate surface area is 113 Å². The zero-order chi connectivity index (χ0) is 14.6. The van der Waals surface area contributed by atoms with Crippen molar-refractivity contribution < 1.29 is 18.0 Å². The zero-order valence-corrected chi connectivity index (χ0v) is 10.2. The molecule has 0 aliphatic carbocycles. The van der Waals surface area contributed by atoms with E-state index in [-0.39, 0.29) is 5.69 Å². The lowest BCUT2D eigenvalue weighted by atomic mass is 10.2. The van der Waals surface area contributed by atoms with Crippen LogP contribution in [0.2, 0.25) is 0 Å². The number of nitrogens with one attached hydrogen (secondary N) is 2. The van der Waals surface area contributed by atoms with Crippen LogP contribution in [0.1, 0.15) is 0 Å². The van der Waals surface area contributed by atoms with Gasteiger partial charge in [-0.1, -0.05) is 18.2 Å². The van der Waals surface area contributed by atoms with Gasteiger partial charge in [0.25, 0.3) is 0 Å². The van der Waals surface area contributed by atoms with Crippen molar-refractivity contribution >= 4 is 23.0 Å². The molecule has 0 aliphatic rings. The highest BCUT2D eigenvalue weighted by molar-refractivity contribution is 5.95. The van der Waals surface area contributed by atoms with E-state index in [1.54, 1.807) is 17.4 Å². The van der Waals surface area contributed by atoms with E-state index in [1.807, 2.05) is 30.3 Å². The minimum Gasteiger partial charge on any atom is -0.356 e. The van der Waals surface area contributed by atoms with Crippen LogP contribution in [-0.4, -0.2) is 12.1 Å². The van der Waals surface area contributed by atoms with Gasteiger partial charge < -0.3 is 10.6 Å². The van der Waals surface area contributed by atoms with E-state index in [2.05, 4.69) is 5.32 Å². The van der Waals surface area contributed by atoms with Gasteiger partial charge in [-0.3, -0.25) is 4.79 Å². The SMILES string of the molecule is O=C(Nc1ccc(Nc2ccccc2)cc1)C(F)(F)F. The fraction of sp³-hybridized carbons (Fsp3) is 0.0714. The lowest BCUT2D eigenvalue weighted by Gasteiger charge is -2.09. The fourth-order valence-electron chi connectivity index (χ4n) is 1.53. The van der Waals surface area contributed by atoms with Gasteiger partial charge in [0.1, 0.15) is 0 Å². The van der Waals surface area contributed by atoms with E-state index in [4.69, 9.17) is 0 Å². The number of benzene rings is 2. The Hall–Kier alpha value is -2.50. The van der Waals surface area contributed by atoms with E-state index in [0.717, 1.165) is 5.69 Å². The van der Waals surface area contributed by atoms with Crippen LogP contribution in [0.3, 0.4) is 0 Å². The maximum absolute atomic E-state index is 12.1. The van der Waals surface area contributed by atoms with Crippen LogP contribution in [0.25, 0.3) is 0 Å². The number of hydrogen-bond donors (Lipinski definition) is 2. The second-order valence-electron chi connectivity index (χ2n) is 4.02. The quantitative estimate of drug-likeness (QED) is 0.894. The van der Waals surface area contributed by atoms with Gasteiger partial charge in [-0.05, 0) is 36.4 Å². The van der Waals surface area contributed by atoms with E-state index in [9.17, 15) is 18.0 Å². The molecule has 2 aromatic rings. The van der Waals surface area contributed by atoms with E-state index < -0.39 is 12.1 Å². The Balaban J connectivity index is 2.02. The van der Waals surface area contributed by atoms with Crippen molar-refractivity contribution in [3.63, 3.8) is 0 Å². The average molecular weight is 280 g/mol. The molecular weight excluding hydrogens is 269 g/mol. The number of carbonyl (C=O) groups excluding carboxylic acids is 1. The molecule has 0 saturated carbocycles. The third-order valence-corrected chi connectivity index (χ3v) is 2.46. The summed E-state index contributed by atoms with van der Waals surface area (Å²) in [6, 6.07) is 15.3. The van der Waals surface area contributed by atoms with Crippen molar-refractivity contribution in [3.8, 4) is 0 Å². The van der Waals surface area contributed by atoms with Gasteiger partial charge in [0.2, 0.25) is 0 Å².